The average molecular weight is 453 g/mol. The third-order valence-corrected chi connectivity index (χ3v) is 8.14. The van der Waals surface area contributed by atoms with Gasteiger partial charge in [0.25, 0.3) is 0 Å². The molecule has 2 heterocycles. The number of amides is 1. The maximum Gasteiger partial charge on any atom is 0.241 e. The molecule has 2 aliphatic heterocycles. The number of carbonyl (C=O) groups excluding carboxylic acids is 1. The summed E-state index contributed by atoms with van der Waals surface area (Å²) in [4.78, 5) is 16.8. The molecule has 146 valence electrons. The van der Waals surface area contributed by atoms with Gasteiger partial charge in [-0.15, -0.1) is 0 Å². The van der Waals surface area contributed by atoms with E-state index < -0.39 is 9.84 Å². The largest absolute Gasteiger partial charge is 0.306 e. The third-order valence-electron chi connectivity index (χ3n) is 5.91. The van der Waals surface area contributed by atoms with Crippen LogP contribution in [-0.4, -0.2) is 55.9 Å². The highest BCUT2D eigenvalue weighted by molar-refractivity contribution is 9.10. The molecule has 5 nitrogen and oxygen atoms in total. The van der Waals surface area contributed by atoms with Gasteiger partial charge < -0.3 is 4.90 Å². The van der Waals surface area contributed by atoms with Gasteiger partial charge >= 0.3 is 0 Å². The van der Waals surface area contributed by atoms with Gasteiger partial charge in [0, 0.05) is 22.7 Å². The first-order valence-electron chi connectivity index (χ1n) is 9.63. The van der Waals surface area contributed by atoms with Crippen LogP contribution in [0.5, 0.6) is 0 Å². The maximum atomic E-state index is 13.0. The van der Waals surface area contributed by atoms with Crippen molar-refractivity contribution in [2.75, 3.05) is 29.5 Å². The Labute approximate surface area is 169 Å². The summed E-state index contributed by atoms with van der Waals surface area (Å²) in [6, 6.07) is 7.14. The van der Waals surface area contributed by atoms with E-state index in [1.165, 1.54) is 18.4 Å². The minimum atomic E-state index is -3.14. The Morgan fingerprint density at radius 2 is 1.81 bits per heavy atom. The van der Waals surface area contributed by atoms with E-state index in [0.29, 0.717) is 6.54 Å². The highest BCUT2D eigenvalue weighted by Gasteiger charge is 2.49. The summed E-state index contributed by atoms with van der Waals surface area (Å²) in [6.45, 7) is 1.06. The molecule has 1 amide bonds. The van der Waals surface area contributed by atoms with Gasteiger partial charge in [0.05, 0.1) is 24.1 Å². The molecule has 3 aliphatic rings. The fourth-order valence-corrected chi connectivity index (χ4v) is 6.80. The lowest BCUT2D eigenvalue weighted by Gasteiger charge is -2.43. The highest BCUT2D eigenvalue weighted by atomic mass is 79.9. The minimum absolute atomic E-state index is 0.00621. The van der Waals surface area contributed by atoms with Crippen molar-refractivity contribution in [1.29, 1.82) is 0 Å². The molecular formula is C20H25BrN2O3S. The molecule has 0 saturated carbocycles. The lowest BCUT2D eigenvalue weighted by Crippen LogP contribution is -2.62. The smallest absolute Gasteiger partial charge is 0.241 e. The summed E-state index contributed by atoms with van der Waals surface area (Å²) in [5.74, 6) is 0.198. The number of hydrogen-bond donors (Lipinski definition) is 0. The predicted octanol–water partition coefficient (Wildman–Crippen LogP) is 3.15. The molecular weight excluding hydrogens is 428 g/mol. The van der Waals surface area contributed by atoms with Crippen LogP contribution < -0.4 is 4.90 Å². The molecule has 0 radical (unpaired) electrons. The Bertz CT molecular complexity index is 850. The Morgan fingerprint density at radius 3 is 2.52 bits per heavy atom. The van der Waals surface area contributed by atoms with Crippen molar-refractivity contribution < 1.29 is 13.2 Å². The van der Waals surface area contributed by atoms with Crippen molar-refractivity contribution in [3.8, 4) is 0 Å². The van der Waals surface area contributed by atoms with Gasteiger partial charge in [0.15, 0.2) is 9.84 Å². The second-order valence-corrected chi connectivity index (χ2v) is 10.8. The minimum Gasteiger partial charge on any atom is -0.306 e. The van der Waals surface area contributed by atoms with Gasteiger partial charge in [-0.2, -0.15) is 0 Å². The number of nitrogens with zero attached hydrogens (tertiary/aromatic N) is 2. The Morgan fingerprint density at radius 1 is 1.07 bits per heavy atom. The number of rotatable bonds is 4. The van der Waals surface area contributed by atoms with Gasteiger partial charge in [-0.3, -0.25) is 9.69 Å². The second-order valence-electron chi connectivity index (χ2n) is 7.78. The quantitative estimate of drug-likeness (QED) is 0.658. The summed E-state index contributed by atoms with van der Waals surface area (Å²) in [6.07, 6.45) is 8.05. The molecule has 1 aromatic carbocycles. The van der Waals surface area contributed by atoms with Crippen LogP contribution in [0.3, 0.4) is 0 Å². The number of sulfone groups is 1. The van der Waals surface area contributed by atoms with E-state index in [-0.39, 0.29) is 29.5 Å². The number of allylic oxidation sites excluding steroid dienone is 1. The first-order valence-corrected chi connectivity index (χ1v) is 12.2. The monoisotopic (exact) mass is 452 g/mol. The molecule has 2 saturated heterocycles. The second kappa shape index (κ2) is 7.68. The average Bonchev–Trinajstić information content (AvgIpc) is 2.97. The van der Waals surface area contributed by atoms with Crippen LogP contribution >= 0.6 is 15.9 Å². The van der Waals surface area contributed by atoms with Crippen LogP contribution in [0.15, 0.2) is 40.4 Å². The number of anilines is 1. The number of benzene rings is 1. The number of carbonyl (C=O) groups is 1. The normalized spacial score (nSPS) is 28.1. The molecule has 0 unspecified atom stereocenters. The molecule has 0 spiro atoms. The first-order chi connectivity index (χ1) is 12.9. The van der Waals surface area contributed by atoms with Crippen molar-refractivity contribution in [3.05, 3.63) is 40.4 Å². The SMILES string of the molecule is O=C1CN(CCC2=CCCCC2)[C@@H]2CS(=O)(=O)C[C@@H]2N1c1ccc(Br)cc1. The summed E-state index contributed by atoms with van der Waals surface area (Å²) in [5.41, 5.74) is 2.24. The molecule has 0 bridgehead atoms. The van der Waals surface area contributed by atoms with Crippen LogP contribution in [0.25, 0.3) is 0 Å². The molecule has 0 aromatic heterocycles. The molecule has 2 atom stereocenters. The fraction of sp³-hybridized carbons (Fsp3) is 0.550. The number of piperazine rings is 1. The number of fused-ring (bicyclic) bond motifs is 1. The van der Waals surface area contributed by atoms with E-state index in [4.69, 9.17) is 0 Å². The van der Waals surface area contributed by atoms with E-state index >= 15 is 0 Å². The summed E-state index contributed by atoms with van der Waals surface area (Å²) in [7, 11) is -3.14. The highest BCUT2D eigenvalue weighted by Crippen LogP contribution is 2.33. The van der Waals surface area contributed by atoms with Crippen LogP contribution in [0.1, 0.15) is 32.1 Å². The van der Waals surface area contributed by atoms with Crippen molar-refractivity contribution in [3.63, 3.8) is 0 Å². The Hall–Kier alpha value is -1.18. The zero-order chi connectivity index (χ0) is 19.0. The van der Waals surface area contributed by atoms with Crippen molar-refractivity contribution in [2.24, 2.45) is 0 Å². The van der Waals surface area contributed by atoms with Crippen LogP contribution in [-0.2, 0) is 14.6 Å². The molecule has 7 heteroatoms. The fourth-order valence-electron chi connectivity index (χ4n) is 4.56. The van der Waals surface area contributed by atoms with Crippen molar-refractivity contribution >= 4 is 37.4 Å². The molecule has 0 N–H and O–H groups in total. The van der Waals surface area contributed by atoms with Gasteiger partial charge in [-0.1, -0.05) is 27.6 Å². The summed E-state index contributed by atoms with van der Waals surface area (Å²) < 4.78 is 25.7. The lowest BCUT2D eigenvalue weighted by atomic mass is 9.96. The van der Waals surface area contributed by atoms with Gasteiger partial charge in [0.1, 0.15) is 0 Å². The van der Waals surface area contributed by atoms with Crippen LogP contribution in [0, 0.1) is 0 Å². The van der Waals surface area contributed by atoms with Gasteiger partial charge in [0.2, 0.25) is 5.91 Å². The van der Waals surface area contributed by atoms with Gasteiger partial charge in [-0.05, 0) is 56.4 Å². The third kappa shape index (κ3) is 4.15. The van der Waals surface area contributed by atoms with Crippen molar-refractivity contribution in [1.82, 2.24) is 4.90 Å². The van der Waals surface area contributed by atoms with E-state index in [9.17, 15) is 13.2 Å². The Balaban J connectivity index is 1.56. The lowest BCUT2D eigenvalue weighted by molar-refractivity contribution is -0.123. The topological polar surface area (TPSA) is 57.7 Å². The van der Waals surface area contributed by atoms with E-state index in [1.54, 1.807) is 4.90 Å². The summed E-state index contributed by atoms with van der Waals surface area (Å²) in [5, 5.41) is 0. The zero-order valence-corrected chi connectivity index (χ0v) is 17.7. The predicted molar refractivity (Wildman–Crippen MR) is 111 cm³/mol. The Kier molecular flexibility index (Phi) is 5.45. The molecule has 1 aromatic rings. The van der Waals surface area contributed by atoms with E-state index in [2.05, 4.69) is 26.9 Å². The number of halogens is 1. The molecule has 1 aliphatic carbocycles. The van der Waals surface area contributed by atoms with Gasteiger partial charge in [-0.25, -0.2) is 8.42 Å². The zero-order valence-electron chi connectivity index (χ0n) is 15.3. The van der Waals surface area contributed by atoms with E-state index in [1.807, 2.05) is 24.3 Å². The maximum absolute atomic E-state index is 13.0. The molecule has 2 fully saturated rings. The number of hydrogen-bond acceptors (Lipinski definition) is 4. The molecule has 27 heavy (non-hydrogen) atoms. The summed E-state index contributed by atoms with van der Waals surface area (Å²) >= 11 is 3.41. The van der Waals surface area contributed by atoms with Crippen LogP contribution in [0.4, 0.5) is 5.69 Å². The standard InChI is InChI=1S/C20H25BrN2O3S/c21-16-6-8-17(9-7-16)23-19-14-27(25,26)13-18(19)22(12-20(23)24)11-10-15-4-2-1-3-5-15/h4,6-9,18-19H,1-3,5,10-14H2/t18-,19+/m1/s1. The van der Waals surface area contributed by atoms with Crippen LogP contribution in [0.2, 0.25) is 0 Å². The molecule has 4 rings (SSSR count). The first kappa shape index (κ1) is 19.2. The van der Waals surface area contributed by atoms with Crippen molar-refractivity contribution in [2.45, 2.75) is 44.2 Å². The van der Waals surface area contributed by atoms with E-state index in [0.717, 1.165) is 36.0 Å².